The van der Waals surface area contributed by atoms with Crippen LogP contribution in [-0.2, 0) is 14.8 Å². The number of aliphatic hydroxyl groups is 1. The summed E-state index contributed by atoms with van der Waals surface area (Å²) < 4.78 is 65.5. The predicted octanol–water partition coefficient (Wildman–Crippen LogP) is 0.309. The Kier molecular flexibility index (Phi) is 5.15. The molecule has 0 radical (unpaired) electrons. The van der Waals surface area contributed by atoms with Gasteiger partial charge in [-0.3, -0.25) is 4.79 Å². The number of carboxylic acids is 1. The molecule has 3 N–H and O–H groups in total. The first kappa shape index (κ1) is 17.2. The van der Waals surface area contributed by atoms with Crippen molar-refractivity contribution in [3.05, 3.63) is 24.3 Å². The van der Waals surface area contributed by atoms with Gasteiger partial charge in [0.15, 0.2) is 0 Å². The highest BCUT2D eigenvalue weighted by molar-refractivity contribution is 7.89. The lowest BCUT2D eigenvalue weighted by atomic mass is 10.3. The normalized spacial score (nSPS) is 13.7. The number of rotatable bonds is 6. The average Bonchev–Trinajstić information content (AvgIpc) is 2.34. The number of alkyl halides is 3. The molecular formula is C10H10F3NO6S. The van der Waals surface area contributed by atoms with Crippen LogP contribution in [0.15, 0.2) is 29.2 Å². The summed E-state index contributed by atoms with van der Waals surface area (Å²) in [6, 6.07) is 1.91. The Labute approximate surface area is 117 Å². The van der Waals surface area contributed by atoms with Gasteiger partial charge in [0.2, 0.25) is 10.0 Å². The molecule has 0 aliphatic carbocycles. The number of ether oxygens (including phenoxy) is 1. The summed E-state index contributed by atoms with van der Waals surface area (Å²) in [6.45, 7) is -1.07. The summed E-state index contributed by atoms with van der Waals surface area (Å²) in [5.74, 6) is -2.70. The largest absolute Gasteiger partial charge is 0.573 e. The highest BCUT2D eigenvalue weighted by Crippen LogP contribution is 2.29. The minimum absolute atomic E-state index is 0.761. The van der Waals surface area contributed by atoms with Crippen LogP contribution < -0.4 is 9.46 Å². The van der Waals surface area contributed by atoms with E-state index < -0.39 is 45.6 Å². The van der Waals surface area contributed by atoms with Gasteiger partial charge in [-0.15, -0.1) is 13.2 Å². The second kappa shape index (κ2) is 6.28. The smallest absolute Gasteiger partial charge is 0.480 e. The number of benzene rings is 1. The third-order valence-electron chi connectivity index (χ3n) is 2.14. The molecule has 7 nitrogen and oxygen atoms in total. The summed E-state index contributed by atoms with van der Waals surface area (Å²) >= 11 is 0. The summed E-state index contributed by atoms with van der Waals surface area (Å²) in [5.41, 5.74) is 0. The predicted molar refractivity (Wildman–Crippen MR) is 62.0 cm³/mol. The van der Waals surface area contributed by atoms with Crippen LogP contribution in [0.3, 0.4) is 0 Å². The lowest BCUT2D eigenvalue weighted by Crippen LogP contribution is -2.43. The fraction of sp³-hybridized carbons (Fsp3) is 0.300. The molecule has 21 heavy (non-hydrogen) atoms. The van der Waals surface area contributed by atoms with Gasteiger partial charge in [0.1, 0.15) is 16.7 Å². The van der Waals surface area contributed by atoms with Crippen LogP contribution in [-0.4, -0.2) is 43.6 Å². The first-order valence-electron chi connectivity index (χ1n) is 5.27. The standard InChI is InChI=1S/C10H10F3NO6S/c11-10(12,13)20-7-3-1-2-4-8(7)21(18,19)14-6(5-15)9(16)17/h1-4,6,14-15H,5H2,(H,16,17). The average molecular weight is 329 g/mol. The zero-order chi connectivity index (χ0) is 16.3. The molecule has 0 heterocycles. The van der Waals surface area contributed by atoms with Crippen LogP contribution in [0.5, 0.6) is 5.75 Å². The Morgan fingerprint density at radius 3 is 2.38 bits per heavy atom. The van der Waals surface area contributed by atoms with E-state index in [9.17, 15) is 26.4 Å². The molecule has 0 spiro atoms. The fourth-order valence-corrected chi connectivity index (χ4v) is 2.61. The minimum atomic E-state index is -5.12. The molecule has 0 saturated carbocycles. The van der Waals surface area contributed by atoms with E-state index in [0.717, 1.165) is 24.3 Å². The molecule has 0 aliphatic heterocycles. The van der Waals surface area contributed by atoms with E-state index in [0.29, 0.717) is 0 Å². The zero-order valence-electron chi connectivity index (χ0n) is 10.2. The number of carboxylic acid groups (broad SMARTS) is 1. The summed E-state index contributed by atoms with van der Waals surface area (Å²) in [4.78, 5) is 9.75. The van der Waals surface area contributed by atoms with Gasteiger partial charge in [0.05, 0.1) is 6.61 Å². The Bertz CT molecular complexity index is 615. The second-order valence-corrected chi connectivity index (χ2v) is 5.37. The van der Waals surface area contributed by atoms with E-state index in [-0.39, 0.29) is 0 Å². The van der Waals surface area contributed by atoms with Gasteiger partial charge in [-0.05, 0) is 12.1 Å². The molecule has 0 aliphatic rings. The van der Waals surface area contributed by atoms with Crippen molar-refractivity contribution in [3.8, 4) is 5.75 Å². The zero-order valence-corrected chi connectivity index (χ0v) is 11.0. The molecule has 1 rings (SSSR count). The van der Waals surface area contributed by atoms with Gasteiger partial charge < -0.3 is 14.9 Å². The molecule has 1 unspecified atom stereocenters. The van der Waals surface area contributed by atoms with Crippen molar-refractivity contribution in [1.82, 2.24) is 4.72 Å². The number of para-hydroxylation sites is 1. The van der Waals surface area contributed by atoms with Crippen molar-refractivity contribution in [2.75, 3.05) is 6.61 Å². The first-order chi connectivity index (χ1) is 9.57. The van der Waals surface area contributed by atoms with Gasteiger partial charge in [-0.1, -0.05) is 12.1 Å². The molecule has 1 aromatic rings. The molecule has 0 bridgehead atoms. The molecule has 0 fully saturated rings. The Balaban J connectivity index is 3.17. The fourth-order valence-electron chi connectivity index (χ4n) is 1.30. The van der Waals surface area contributed by atoms with Crippen molar-refractivity contribution in [2.24, 2.45) is 0 Å². The number of carbonyl (C=O) groups is 1. The van der Waals surface area contributed by atoms with E-state index in [4.69, 9.17) is 10.2 Å². The highest BCUT2D eigenvalue weighted by Gasteiger charge is 2.35. The van der Waals surface area contributed by atoms with Crippen LogP contribution in [0.2, 0.25) is 0 Å². The van der Waals surface area contributed by atoms with Crippen LogP contribution in [0, 0.1) is 0 Å². The number of aliphatic carboxylic acids is 1. The van der Waals surface area contributed by atoms with Gasteiger partial charge >= 0.3 is 12.3 Å². The molecule has 0 saturated heterocycles. The lowest BCUT2D eigenvalue weighted by Gasteiger charge is -2.16. The maximum Gasteiger partial charge on any atom is 0.573 e. The van der Waals surface area contributed by atoms with Gasteiger partial charge in [-0.2, -0.15) is 4.72 Å². The number of halogens is 3. The van der Waals surface area contributed by atoms with Crippen molar-refractivity contribution in [1.29, 1.82) is 0 Å². The molecular weight excluding hydrogens is 319 g/mol. The molecule has 118 valence electrons. The van der Waals surface area contributed by atoms with E-state index in [2.05, 4.69) is 4.74 Å². The summed E-state index contributed by atoms with van der Waals surface area (Å²) in [5, 5.41) is 17.4. The third kappa shape index (κ3) is 4.88. The number of hydrogen-bond acceptors (Lipinski definition) is 5. The van der Waals surface area contributed by atoms with Gasteiger partial charge in [-0.25, -0.2) is 8.42 Å². The van der Waals surface area contributed by atoms with Crippen molar-refractivity contribution < 1.29 is 41.3 Å². The summed E-state index contributed by atoms with van der Waals surface area (Å²) in [7, 11) is -4.64. The van der Waals surface area contributed by atoms with Crippen molar-refractivity contribution in [2.45, 2.75) is 17.3 Å². The first-order valence-corrected chi connectivity index (χ1v) is 6.76. The highest BCUT2D eigenvalue weighted by atomic mass is 32.2. The van der Waals surface area contributed by atoms with Crippen LogP contribution in [0.1, 0.15) is 0 Å². The Hall–Kier alpha value is -1.85. The van der Waals surface area contributed by atoms with Gasteiger partial charge in [0, 0.05) is 0 Å². The van der Waals surface area contributed by atoms with Crippen molar-refractivity contribution >= 4 is 16.0 Å². The van der Waals surface area contributed by atoms with Crippen LogP contribution in [0.4, 0.5) is 13.2 Å². The van der Waals surface area contributed by atoms with Crippen LogP contribution in [0.25, 0.3) is 0 Å². The molecule has 1 aromatic carbocycles. The topological polar surface area (TPSA) is 113 Å². The van der Waals surface area contributed by atoms with E-state index in [1.54, 1.807) is 4.72 Å². The number of sulfonamides is 1. The number of aliphatic hydroxyl groups excluding tert-OH is 1. The molecule has 0 amide bonds. The molecule has 1 atom stereocenters. The minimum Gasteiger partial charge on any atom is -0.480 e. The SMILES string of the molecule is O=C(O)C(CO)NS(=O)(=O)c1ccccc1OC(F)(F)F. The van der Waals surface area contributed by atoms with E-state index in [1.165, 1.54) is 0 Å². The summed E-state index contributed by atoms with van der Waals surface area (Å²) in [6.07, 6.45) is -5.12. The lowest BCUT2D eigenvalue weighted by molar-refractivity contribution is -0.275. The van der Waals surface area contributed by atoms with Crippen molar-refractivity contribution in [3.63, 3.8) is 0 Å². The van der Waals surface area contributed by atoms with E-state index >= 15 is 0 Å². The monoisotopic (exact) mass is 329 g/mol. The third-order valence-corrected chi connectivity index (χ3v) is 3.65. The van der Waals surface area contributed by atoms with E-state index in [1.807, 2.05) is 0 Å². The van der Waals surface area contributed by atoms with Crippen LogP contribution >= 0.6 is 0 Å². The maximum atomic E-state index is 12.2. The molecule has 0 aromatic heterocycles. The number of nitrogens with one attached hydrogen (secondary N) is 1. The molecule has 11 heteroatoms. The quantitative estimate of drug-likeness (QED) is 0.692. The number of hydrogen-bond donors (Lipinski definition) is 3. The second-order valence-electron chi connectivity index (χ2n) is 3.69. The van der Waals surface area contributed by atoms with Gasteiger partial charge in [0.25, 0.3) is 0 Å². The Morgan fingerprint density at radius 1 is 1.33 bits per heavy atom. The Morgan fingerprint density at radius 2 is 1.90 bits per heavy atom. The maximum absolute atomic E-state index is 12.2.